The Hall–Kier alpha value is -2.18. The van der Waals surface area contributed by atoms with Gasteiger partial charge in [-0.2, -0.15) is 4.98 Å². The summed E-state index contributed by atoms with van der Waals surface area (Å²) >= 11 is 0. The smallest absolute Gasteiger partial charge is 0.318 e. The summed E-state index contributed by atoms with van der Waals surface area (Å²) in [7, 11) is 0. The van der Waals surface area contributed by atoms with E-state index in [0.29, 0.717) is 25.6 Å². The van der Waals surface area contributed by atoms with Crippen molar-refractivity contribution in [3.8, 4) is 6.01 Å². The minimum absolute atomic E-state index is 0.0466. The van der Waals surface area contributed by atoms with Crippen molar-refractivity contribution in [2.45, 2.75) is 31.7 Å². The zero-order chi connectivity index (χ0) is 15.9. The van der Waals surface area contributed by atoms with Crippen molar-refractivity contribution >= 4 is 5.82 Å². The predicted octanol–water partition coefficient (Wildman–Crippen LogP) is 2.20. The highest BCUT2D eigenvalue weighted by Gasteiger charge is 2.26. The van der Waals surface area contributed by atoms with Gasteiger partial charge in [0.1, 0.15) is 12.4 Å². The molecule has 23 heavy (non-hydrogen) atoms. The van der Waals surface area contributed by atoms with Crippen LogP contribution in [0.25, 0.3) is 0 Å². The molecule has 0 radical (unpaired) electrons. The van der Waals surface area contributed by atoms with Crippen LogP contribution in [0.5, 0.6) is 6.01 Å². The van der Waals surface area contributed by atoms with Crippen LogP contribution in [0.15, 0.2) is 42.6 Å². The highest BCUT2D eigenvalue weighted by Crippen LogP contribution is 2.21. The van der Waals surface area contributed by atoms with Crippen LogP contribution in [-0.4, -0.2) is 35.4 Å². The van der Waals surface area contributed by atoms with E-state index in [1.165, 1.54) is 5.56 Å². The van der Waals surface area contributed by atoms with Crippen molar-refractivity contribution in [3.63, 3.8) is 0 Å². The van der Waals surface area contributed by atoms with E-state index in [1.807, 2.05) is 18.2 Å². The minimum atomic E-state index is 0.0466. The number of nitrogen functional groups attached to an aromatic ring is 1. The number of anilines is 1. The quantitative estimate of drug-likeness (QED) is 0.844. The number of ether oxygens (including phenoxy) is 3. The van der Waals surface area contributed by atoms with Gasteiger partial charge in [-0.05, 0) is 24.5 Å². The van der Waals surface area contributed by atoms with Gasteiger partial charge in [0.25, 0.3) is 0 Å². The highest BCUT2D eigenvalue weighted by molar-refractivity contribution is 5.26. The van der Waals surface area contributed by atoms with Gasteiger partial charge in [0, 0.05) is 6.20 Å². The van der Waals surface area contributed by atoms with E-state index >= 15 is 0 Å². The zero-order valence-electron chi connectivity index (χ0n) is 12.9. The molecule has 1 aromatic carbocycles. The second-order valence-electron chi connectivity index (χ2n) is 5.53. The lowest BCUT2D eigenvalue weighted by Crippen LogP contribution is -2.22. The minimum Gasteiger partial charge on any atom is -0.461 e. The number of hydrogen-bond acceptors (Lipinski definition) is 6. The van der Waals surface area contributed by atoms with Crippen LogP contribution in [0.1, 0.15) is 18.4 Å². The lowest BCUT2D eigenvalue weighted by Gasteiger charge is -2.14. The summed E-state index contributed by atoms with van der Waals surface area (Å²) in [5.74, 6) is 0.398. The molecular formula is C17H21N3O3. The Morgan fingerprint density at radius 3 is 2.65 bits per heavy atom. The summed E-state index contributed by atoms with van der Waals surface area (Å²) in [5, 5.41) is 0. The molecule has 6 nitrogen and oxygen atoms in total. The van der Waals surface area contributed by atoms with Crippen LogP contribution in [0.4, 0.5) is 5.82 Å². The van der Waals surface area contributed by atoms with Crippen molar-refractivity contribution < 1.29 is 14.2 Å². The van der Waals surface area contributed by atoms with E-state index in [9.17, 15) is 0 Å². The molecule has 0 saturated carbocycles. The molecule has 0 bridgehead atoms. The molecule has 122 valence electrons. The molecule has 6 heteroatoms. The van der Waals surface area contributed by atoms with Crippen molar-refractivity contribution in [1.82, 2.24) is 9.97 Å². The Morgan fingerprint density at radius 2 is 1.87 bits per heavy atom. The summed E-state index contributed by atoms with van der Waals surface area (Å²) in [4.78, 5) is 8.01. The summed E-state index contributed by atoms with van der Waals surface area (Å²) in [6, 6.07) is 12.0. The Labute approximate surface area is 135 Å². The first-order valence-electron chi connectivity index (χ1n) is 7.78. The molecule has 1 aliphatic heterocycles. The van der Waals surface area contributed by atoms with Gasteiger partial charge in [0.2, 0.25) is 0 Å². The van der Waals surface area contributed by atoms with Crippen LogP contribution < -0.4 is 10.5 Å². The van der Waals surface area contributed by atoms with Crippen molar-refractivity contribution in [3.05, 3.63) is 48.2 Å². The Morgan fingerprint density at radius 1 is 1.09 bits per heavy atom. The van der Waals surface area contributed by atoms with Crippen LogP contribution in [-0.2, 0) is 16.1 Å². The molecule has 0 aliphatic carbocycles. The van der Waals surface area contributed by atoms with Gasteiger partial charge < -0.3 is 19.9 Å². The Balaban J connectivity index is 1.35. The average Bonchev–Trinajstić information content (AvgIpc) is 3.02. The SMILES string of the molecule is Nc1ccnc(OC[C@H]2CC[C@@H](COCc3ccccc3)O2)n1. The second kappa shape index (κ2) is 7.89. The molecule has 1 aromatic heterocycles. The van der Waals surface area contributed by atoms with Gasteiger partial charge in [-0.3, -0.25) is 0 Å². The predicted molar refractivity (Wildman–Crippen MR) is 85.9 cm³/mol. The molecule has 2 heterocycles. The largest absolute Gasteiger partial charge is 0.461 e. The van der Waals surface area contributed by atoms with E-state index in [0.717, 1.165) is 12.8 Å². The number of hydrogen-bond donors (Lipinski definition) is 1. The maximum atomic E-state index is 5.91. The van der Waals surface area contributed by atoms with Crippen LogP contribution in [0.2, 0.25) is 0 Å². The van der Waals surface area contributed by atoms with Gasteiger partial charge in [-0.1, -0.05) is 30.3 Å². The summed E-state index contributed by atoms with van der Waals surface area (Å²) in [6.45, 7) is 1.64. The molecule has 2 atom stereocenters. The molecule has 0 amide bonds. The van der Waals surface area contributed by atoms with Crippen molar-refractivity contribution in [1.29, 1.82) is 0 Å². The van der Waals surface area contributed by atoms with E-state index < -0.39 is 0 Å². The number of nitrogens with zero attached hydrogens (tertiary/aromatic N) is 2. The third-order valence-corrected chi connectivity index (χ3v) is 3.66. The number of nitrogens with two attached hydrogens (primary N) is 1. The van der Waals surface area contributed by atoms with E-state index in [1.54, 1.807) is 12.3 Å². The van der Waals surface area contributed by atoms with E-state index in [-0.39, 0.29) is 18.2 Å². The number of rotatable bonds is 7. The third-order valence-electron chi connectivity index (χ3n) is 3.66. The Kier molecular flexibility index (Phi) is 5.39. The fourth-order valence-corrected chi connectivity index (χ4v) is 2.50. The Bertz CT molecular complexity index is 609. The summed E-state index contributed by atoms with van der Waals surface area (Å²) in [5.41, 5.74) is 6.76. The van der Waals surface area contributed by atoms with Gasteiger partial charge in [-0.15, -0.1) is 0 Å². The maximum Gasteiger partial charge on any atom is 0.318 e. The molecule has 2 aromatic rings. The molecule has 2 N–H and O–H groups in total. The fourth-order valence-electron chi connectivity index (χ4n) is 2.50. The van der Waals surface area contributed by atoms with E-state index in [4.69, 9.17) is 19.9 Å². The first kappa shape index (κ1) is 15.7. The number of aromatic nitrogens is 2. The van der Waals surface area contributed by atoms with Crippen LogP contribution in [0.3, 0.4) is 0 Å². The first-order valence-corrected chi connectivity index (χ1v) is 7.78. The van der Waals surface area contributed by atoms with Gasteiger partial charge in [-0.25, -0.2) is 4.98 Å². The van der Waals surface area contributed by atoms with Crippen molar-refractivity contribution in [2.75, 3.05) is 18.9 Å². The van der Waals surface area contributed by atoms with Crippen molar-refractivity contribution in [2.24, 2.45) is 0 Å². The van der Waals surface area contributed by atoms with Gasteiger partial charge in [0.15, 0.2) is 0 Å². The lowest BCUT2D eigenvalue weighted by molar-refractivity contribution is -0.0327. The molecule has 1 saturated heterocycles. The molecule has 1 fully saturated rings. The summed E-state index contributed by atoms with van der Waals surface area (Å²) < 4.78 is 17.2. The summed E-state index contributed by atoms with van der Waals surface area (Å²) in [6.07, 6.45) is 3.66. The van der Waals surface area contributed by atoms with E-state index in [2.05, 4.69) is 22.1 Å². The normalized spacial score (nSPS) is 20.5. The average molecular weight is 315 g/mol. The molecule has 3 rings (SSSR count). The van der Waals surface area contributed by atoms with Crippen LogP contribution >= 0.6 is 0 Å². The maximum absolute atomic E-state index is 5.91. The molecule has 1 aliphatic rings. The number of benzene rings is 1. The second-order valence-corrected chi connectivity index (χ2v) is 5.53. The van der Waals surface area contributed by atoms with Crippen LogP contribution in [0, 0.1) is 0 Å². The standard InChI is InChI=1S/C17H21N3O3/c18-16-8-9-19-17(20-16)22-12-15-7-6-14(23-15)11-21-10-13-4-2-1-3-5-13/h1-5,8-9,14-15H,6-7,10-12H2,(H2,18,19,20)/t14-,15+/m0/s1. The van der Waals surface area contributed by atoms with Gasteiger partial charge >= 0.3 is 6.01 Å². The third kappa shape index (κ3) is 4.91. The fraction of sp³-hybridized carbons (Fsp3) is 0.412. The molecule has 0 unspecified atom stereocenters. The lowest BCUT2D eigenvalue weighted by atomic mass is 10.2. The van der Waals surface area contributed by atoms with Gasteiger partial charge in [0.05, 0.1) is 25.4 Å². The highest BCUT2D eigenvalue weighted by atomic mass is 16.6. The monoisotopic (exact) mass is 315 g/mol. The molecule has 0 spiro atoms. The molecular weight excluding hydrogens is 294 g/mol. The zero-order valence-corrected chi connectivity index (χ0v) is 12.9. The first-order chi connectivity index (χ1) is 11.3. The topological polar surface area (TPSA) is 79.5 Å².